The van der Waals surface area contributed by atoms with Crippen molar-refractivity contribution < 1.29 is 19.2 Å². The summed E-state index contributed by atoms with van der Waals surface area (Å²) in [7, 11) is -4.48. The summed E-state index contributed by atoms with van der Waals surface area (Å²) in [6.45, 7) is 0. The number of phosphoric acid groups is 1. The first kappa shape index (κ1) is 7.75. The van der Waals surface area contributed by atoms with Gasteiger partial charge >= 0.3 is 7.82 Å². The molecule has 0 unspecified atom stereocenters. The fourth-order valence-corrected chi connectivity index (χ4v) is 0. The molecule has 0 aliphatic rings. The Hall–Kier alpha value is 1.75. The van der Waals surface area contributed by atoms with E-state index >= 15 is 0 Å². The van der Waals surface area contributed by atoms with E-state index in [4.69, 9.17) is 11.2 Å². The monoisotopic (exact) mass is 138 g/mol. The van der Waals surface area contributed by atoms with Gasteiger partial charge in [-0.05, 0) is 0 Å². The minimum atomic E-state index is -4.48. The molecule has 0 aromatic rings. The van der Waals surface area contributed by atoms with Gasteiger partial charge in [0.1, 0.15) is 0 Å². The Labute approximate surface area is 78.7 Å². The Balaban J connectivity index is 0. The van der Waals surface area contributed by atoms with Crippen LogP contribution >= 0.6 is 7.82 Å². The standard InChI is InChI=1S/K.H3O4P/c;1-5(2,3)4/h;(H3,1,2,3,4)/i/hD. The summed E-state index contributed by atoms with van der Waals surface area (Å²) in [6, 6.07) is 0. The van der Waals surface area contributed by atoms with E-state index in [9.17, 15) is 4.57 Å². The van der Waals surface area contributed by atoms with Crippen molar-refractivity contribution in [1.29, 1.82) is 1.43 Å². The summed E-state index contributed by atoms with van der Waals surface area (Å²) in [6.07, 6.45) is 0. The Morgan fingerprint density at radius 3 is 1.83 bits per heavy atom. The first-order valence-corrected chi connectivity index (χ1v) is 2.30. The Kier molecular flexibility index (Phi) is 4.79. The van der Waals surface area contributed by atoms with Gasteiger partial charge in [0.15, 0.2) is 0 Å². The molecule has 0 bridgehead atoms. The third kappa shape index (κ3) is 42.4. The van der Waals surface area contributed by atoms with E-state index in [1.54, 1.807) is 0 Å². The van der Waals surface area contributed by atoms with Gasteiger partial charge in [-0.1, -0.05) is 0 Å². The maximum Gasteiger partial charge on any atom is 0.466 e. The van der Waals surface area contributed by atoms with E-state index in [0.717, 1.165) is 0 Å². The van der Waals surface area contributed by atoms with Gasteiger partial charge < -0.3 is 14.7 Å². The zero-order chi connectivity index (χ0) is 5.21. The normalized spacial score (nSPS) is 12.0. The van der Waals surface area contributed by atoms with Crippen molar-refractivity contribution in [3.63, 3.8) is 0 Å². The Bertz CT molecular complexity index is 75.8. The van der Waals surface area contributed by atoms with Crippen LogP contribution in [0.5, 0.6) is 0 Å². The van der Waals surface area contributed by atoms with Crippen LogP contribution in [0, 0.1) is 0 Å². The van der Waals surface area contributed by atoms with Crippen LogP contribution in [-0.4, -0.2) is 67.5 Å². The van der Waals surface area contributed by atoms with Gasteiger partial charge in [0, 0.05) is 51.4 Å². The number of rotatable bonds is 1. The molecule has 0 saturated carbocycles. The number of hydrogen-bond acceptors (Lipinski definition) is 2. The van der Waals surface area contributed by atoms with Crippen molar-refractivity contribution in [2.45, 2.75) is 0 Å². The van der Waals surface area contributed by atoms with Gasteiger partial charge in [-0.15, -0.1) is 0 Å². The molecule has 0 amide bonds. The largest absolute Gasteiger partial charge is 0.466 e. The summed E-state index contributed by atoms with van der Waals surface area (Å²) in [5, 5.41) is 0. The zero-order valence-electron chi connectivity index (χ0n) is 4.16. The summed E-state index contributed by atoms with van der Waals surface area (Å²) in [4.78, 5) is 17.9. The molecule has 6 heteroatoms. The van der Waals surface area contributed by atoms with Crippen LogP contribution in [0.2, 0.25) is 0 Å². The fourth-order valence-electron chi connectivity index (χ4n) is 0. The van der Waals surface area contributed by atoms with Gasteiger partial charge in [-0.25, -0.2) is 4.57 Å². The first-order valence-electron chi connectivity index (χ1n) is 1.17. The molecule has 0 aromatic carbocycles. The summed E-state index contributed by atoms with van der Waals surface area (Å²) < 4.78 is 14.9. The summed E-state index contributed by atoms with van der Waals surface area (Å²) >= 11 is 0. The molecule has 0 heterocycles. The van der Waals surface area contributed by atoms with Crippen LogP contribution in [0.15, 0.2) is 0 Å². The molecular formula is H3KO4P. The fraction of sp³-hybridized carbons (Fsp3) is 0. The van der Waals surface area contributed by atoms with Crippen molar-refractivity contribution in [3.05, 3.63) is 0 Å². The topological polar surface area (TPSA) is 77.8 Å². The number of hydrogen-bond donors (Lipinski definition) is 3. The van der Waals surface area contributed by atoms with Crippen LogP contribution in [0.25, 0.3) is 0 Å². The van der Waals surface area contributed by atoms with E-state index in [2.05, 4.69) is 4.90 Å². The summed E-state index contributed by atoms with van der Waals surface area (Å²) in [5.41, 5.74) is 0. The maximum absolute atomic E-state index is 9.28. The predicted molar refractivity (Wildman–Crippen MR) is 20.0 cm³/mol. The van der Waals surface area contributed by atoms with E-state index < -0.39 is 7.82 Å². The average molecular weight is 138 g/mol. The molecule has 0 rings (SSSR count). The first-order chi connectivity index (χ1) is 2.56. The third-order valence-electron chi connectivity index (χ3n) is 0. The minimum absolute atomic E-state index is 0. The van der Waals surface area contributed by atoms with Crippen LogP contribution < -0.4 is 0 Å². The SMILES string of the molecule is [2H]OP(=O)(O)O.[K]. The molecule has 0 aliphatic heterocycles. The van der Waals surface area contributed by atoms with Crippen molar-refractivity contribution in [3.8, 4) is 0 Å². The maximum atomic E-state index is 9.28. The van der Waals surface area contributed by atoms with Crippen LogP contribution in [0.4, 0.5) is 0 Å². The van der Waals surface area contributed by atoms with Crippen molar-refractivity contribution in [2.24, 2.45) is 0 Å². The summed E-state index contributed by atoms with van der Waals surface area (Å²) in [5.74, 6) is 0. The van der Waals surface area contributed by atoms with Crippen molar-refractivity contribution >= 4 is 59.2 Å². The molecule has 0 atom stereocenters. The van der Waals surface area contributed by atoms with E-state index in [1.165, 1.54) is 0 Å². The Morgan fingerprint density at radius 2 is 1.83 bits per heavy atom. The van der Waals surface area contributed by atoms with Crippen LogP contribution in [0.3, 0.4) is 0 Å². The second-order valence-electron chi connectivity index (χ2n) is 0.491. The van der Waals surface area contributed by atoms with Gasteiger partial charge in [0.2, 0.25) is 1.43 Å². The Morgan fingerprint density at radius 1 is 1.67 bits per heavy atom. The molecule has 33 valence electrons. The average Bonchev–Trinajstić information content (AvgIpc) is 1.35. The second kappa shape index (κ2) is 3.71. The van der Waals surface area contributed by atoms with Gasteiger partial charge in [-0.2, -0.15) is 0 Å². The molecule has 1 radical (unpaired) electrons. The third-order valence-corrected chi connectivity index (χ3v) is 0. The van der Waals surface area contributed by atoms with Crippen molar-refractivity contribution in [1.82, 2.24) is 0 Å². The zero-order valence-corrected chi connectivity index (χ0v) is 7.18. The van der Waals surface area contributed by atoms with Gasteiger partial charge in [0.05, 0.1) is 0 Å². The molecule has 0 spiro atoms. The van der Waals surface area contributed by atoms with E-state index in [-0.39, 0.29) is 51.4 Å². The van der Waals surface area contributed by atoms with Gasteiger partial charge in [-0.3, -0.25) is 0 Å². The molecular weight excluding hydrogens is 134 g/mol. The van der Waals surface area contributed by atoms with Gasteiger partial charge in [0.25, 0.3) is 0 Å². The molecule has 4 nitrogen and oxygen atoms in total. The molecule has 0 saturated heterocycles. The quantitative estimate of drug-likeness (QED) is 0.310. The predicted octanol–water partition coefficient (Wildman–Crippen LogP) is -1.31. The second-order valence-corrected chi connectivity index (χ2v) is 1.47. The van der Waals surface area contributed by atoms with E-state index in [1.807, 2.05) is 0 Å². The van der Waals surface area contributed by atoms with Crippen LogP contribution in [-0.2, 0) is 4.57 Å². The van der Waals surface area contributed by atoms with Crippen LogP contribution in [0.1, 0.15) is 0 Å². The minimum Gasteiger partial charge on any atom is -0.303 e. The molecule has 3 N–H and O–H groups in total. The van der Waals surface area contributed by atoms with Crippen molar-refractivity contribution in [2.75, 3.05) is 0 Å². The molecule has 6 heavy (non-hydrogen) atoms. The smallest absolute Gasteiger partial charge is 0.303 e. The molecule has 0 aromatic heterocycles. The molecule has 0 fully saturated rings. The molecule has 0 aliphatic carbocycles. The van der Waals surface area contributed by atoms with E-state index in [0.29, 0.717) is 0 Å².